The Morgan fingerprint density at radius 1 is 1.26 bits per heavy atom. The lowest BCUT2D eigenvalue weighted by Crippen LogP contribution is -2.29. The van der Waals surface area contributed by atoms with E-state index < -0.39 is 11.7 Å². The maximum Gasteiger partial charge on any atom is 0.417 e. The van der Waals surface area contributed by atoms with Gasteiger partial charge in [0.2, 0.25) is 0 Å². The fraction of sp³-hybridized carbons (Fsp3) is 0.438. The zero-order valence-electron chi connectivity index (χ0n) is 12.5. The first-order chi connectivity index (χ1) is 10.9. The van der Waals surface area contributed by atoms with E-state index in [9.17, 15) is 13.2 Å². The predicted molar refractivity (Wildman–Crippen MR) is 91.8 cm³/mol. The SMILES string of the molecule is FC(F)(F)c1cc(NC(=S)NCCC2=CCCCC2)ccc1Cl. The number of hydrogen-bond donors (Lipinski definition) is 2. The minimum absolute atomic E-state index is 0.260. The van der Waals surface area contributed by atoms with E-state index in [2.05, 4.69) is 16.7 Å². The molecule has 0 unspecified atom stereocenters. The van der Waals surface area contributed by atoms with Crippen LogP contribution in [0.15, 0.2) is 29.8 Å². The lowest BCUT2D eigenvalue weighted by Gasteiger charge is -2.15. The van der Waals surface area contributed by atoms with Crippen LogP contribution < -0.4 is 10.6 Å². The fourth-order valence-corrected chi connectivity index (χ4v) is 2.91. The number of halogens is 4. The van der Waals surface area contributed by atoms with Gasteiger partial charge < -0.3 is 10.6 Å². The van der Waals surface area contributed by atoms with Crippen molar-refractivity contribution in [3.63, 3.8) is 0 Å². The van der Waals surface area contributed by atoms with Crippen molar-refractivity contribution in [2.24, 2.45) is 0 Å². The number of anilines is 1. The van der Waals surface area contributed by atoms with E-state index in [1.54, 1.807) is 0 Å². The average molecular weight is 363 g/mol. The molecule has 0 aliphatic heterocycles. The summed E-state index contributed by atoms with van der Waals surface area (Å²) >= 11 is 10.7. The van der Waals surface area contributed by atoms with Crippen molar-refractivity contribution in [2.75, 3.05) is 11.9 Å². The summed E-state index contributed by atoms with van der Waals surface area (Å²) in [5.41, 5.74) is 0.799. The number of alkyl halides is 3. The molecule has 2 nitrogen and oxygen atoms in total. The molecule has 7 heteroatoms. The van der Waals surface area contributed by atoms with Gasteiger partial charge in [-0.15, -0.1) is 0 Å². The molecule has 0 bridgehead atoms. The van der Waals surface area contributed by atoms with E-state index in [-0.39, 0.29) is 10.7 Å². The quantitative estimate of drug-likeness (QED) is 0.543. The first-order valence-corrected chi connectivity index (χ1v) is 8.24. The van der Waals surface area contributed by atoms with Gasteiger partial charge in [0.15, 0.2) is 5.11 Å². The van der Waals surface area contributed by atoms with Crippen LogP contribution in [-0.2, 0) is 6.18 Å². The second-order valence-electron chi connectivity index (χ2n) is 5.43. The third kappa shape index (κ3) is 5.70. The molecule has 1 aromatic carbocycles. The molecule has 0 saturated heterocycles. The van der Waals surface area contributed by atoms with Crippen LogP contribution in [0.3, 0.4) is 0 Å². The number of benzene rings is 1. The summed E-state index contributed by atoms with van der Waals surface area (Å²) in [5.74, 6) is 0. The van der Waals surface area contributed by atoms with E-state index >= 15 is 0 Å². The largest absolute Gasteiger partial charge is 0.417 e. The Kier molecular flexibility index (Phi) is 6.30. The normalized spacial score (nSPS) is 15.0. The highest BCUT2D eigenvalue weighted by atomic mass is 35.5. The highest BCUT2D eigenvalue weighted by Gasteiger charge is 2.33. The van der Waals surface area contributed by atoms with Gasteiger partial charge in [-0.25, -0.2) is 0 Å². The third-order valence-corrected chi connectivity index (χ3v) is 4.22. The van der Waals surface area contributed by atoms with Crippen LogP contribution in [0.25, 0.3) is 0 Å². The zero-order valence-corrected chi connectivity index (χ0v) is 14.0. The van der Waals surface area contributed by atoms with Crippen LogP contribution in [0.2, 0.25) is 5.02 Å². The monoisotopic (exact) mass is 362 g/mol. The van der Waals surface area contributed by atoms with Gasteiger partial charge in [-0.2, -0.15) is 13.2 Å². The van der Waals surface area contributed by atoms with Crippen molar-refractivity contribution in [1.82, 2.24) is 5.32 Å². The molecule has 0 fully saturated rings. The first-order valence-electron chi connectivity index (χ1n) is 7.46. The molecule has 2 N–H and O–H groups in total. The van der Waals surface area contributed by atoms with Gasteiger partial charge in [0.25, 0.3) is 0 Å². The van der Waals surface area contributed by atoms with E-state index in [1.807, 2.05) is 0 Å². The molecular formula is C16H18ClF3N2S. The number of allylic oxidation sites excluding steroid dienone is 1. The van der Waals surface area contributed by atoms with E-state index in [1.165, 1.54) is 30.5 Å². The van der Waals surface area contributed by atoms with Gasteiger partial charge in [-0.3, -0.25) is 0 Å². The van der Waals surface area contributed by atoms with Crippen molar-refractivity contribution < 1.29 is 13.2 Å². The number of rotatable bonds is 4. The van der Waals surface area contributed by atoms with Crippen molar-refractivity contribution in [1.29, 1.82) is 0 Å². The predicted octanol–water partition coefficient (Wildman–Crippen LogP) is 5.54. The van der Waals surface area contributed by atoms with Gasteiger partial charge in [0, 0.05) is 12.2 Å². The Bertz CT molecular complexity index is 599. The van der Waals surface area contributed by atoms with Gasteiger partial charge in [0.05, 0.1) is 10.6 Å². The van der Waals surface area contributed by atoms with Crippen LogP contribution in [0, 0.1) is 0 Å². The third-order valence-electron chi connectivity index (χ3n) is 3.65. The van der Waals surface area contributed by atoms with Crippen LogP contribution in [0.1, 0.15) is 37.7 Å². The summed E-state index contributed by atoms with van der Waals surface area (Å²) in [5, 5.41) is 5.75. The molecule has 1 aliphatic carbocycles. The van der Waals surface area contributed by atoms with Crippen LogP contribution in [0.4, 0.5) is 18.9 Å². The summed E-state index contributed by atoms with van der Waals surface area (Å²) in [6, 6.07) is 3.64. The van der Waals surface area contributed by atoms with Gasteiger partial charge in [-0.05, 0) is 62.5 Å². The van der Waals surface area contributed by atoms with Crippen LogP contribution in [0.5, 0.6) is 0 Å². The van der Waals surface area contributed by atoms with Crippen LogP contribution in [-0.4, -0.2) is 11.7 Å². The molecule has 0 radical (unpaired) electrons. The minimum Gasteiger partial charge on any atom is -0.362 e. The van der Waals surface area contributed by atoms with Crippen molar-refractivity contribution in [3.05, 3.63) is 40.4 Å². The number of hydrogen-bond acceptors (Lipinski definition) is 1. The molecule has 0 amide bonds. The first kappa shape index (κ1) is 18.1. The molecule has 0 saturated carbocycles. The Hall–Kier alpha value is -1.27. The Morgan fingerprint density at radius 3 is 2.70 bits per heavy atom. The molecule has 0 aromatic heterocycles. The van der Waals surface area contributed by atoms with E-state index in [0.717, 1.165) is 25.3 Å². The van der Waals surface area contributed by atoms with E-state index in [4.69, 9.17) is 23.8 Å². The highest BCUT2D eigenvalue weighted by molar-refractivity contribution is 7.80. The summed E-state index contributed by atoms with van der Waals surface area (Å²) in [4.78, 5) is 0. The van der Waals surface area contributed by atoms with Gasteiger partial charge in [0.1, 0.15) is 0 Å². The molecule has 1 aromatic rings. The topological polar surface area (TPSA) is 24.1 Å². The molecular weight excluding hydrogens is 345 g/mol. The van der Waals surface area contributed by atoms with Crippen LogP contribution >= 0.6 is 23.8 Å². The molecule has 0 spiro atoms. The molecule has 23 heavy (non-hydrogen) atoms. The van der Waals surface area contributed by atoms with Crippen molar-refractivity contribution >= 4 is 34.6 Å². The van der Waals surface area contributed by atoms with Crippen molar-refractivity contribution in [3.8, 4) is 0 Å². The lowest BCUT2D eigenvalue weighted by molar-refractivity contribution is -0.137. The number of nitrogens with one attached hydrogen (secondary N) is 2. The Labute approximate surface area is 144 Å². The summed E-state index contributed by atoms with van der Waals surface area (Å²) in [6.45, 7) is 0.664. The number of thiocarbonyl (C=S) groups is 1. The summed E-state index contributed by atoms with van der Waals surface area (Å²) in [6.07, 6.45) is 3.38. The molecule has 1 aliphatic rings. The highest BCUT2D eigenvalue weighted by Crippen LogP contribution is 2.36. The molecule has 126 valence electrons. The summed E-state index contributed by atoms with van der Waals surface area (Å²) < 4.78 is 38.4. The smallest absolute Gasteiger partial charge is 0.362 e. The lowest BCUT2D eigenvalue weighted by atomic mass is 9.97. The second kappa shape index (κ2) is 8.02. The zero-order chi connectivity index (χ0) is 16.9. The molecule has 2 rings (SSSR count). The maximum atomic E-state index is 12.8. The van der Waals surface area contributed by atoms with Crippen molar-refractivity contribution in [2.45, 2.75) is 38.3 Å². The van der Waals surface area contributed by atoms with E-state index in [0.29, 0.717) is 11.7 Å². The minimum atomic E-state index is -4.49. The molecule has 0 atom stereocenters. The van der Waals surface area contributed by atoms with Gasteiger partial charge in [-0.1, -0.05) is 23.3 Å². The second-order valence-corrected chi connectivity index (χ2v) is 6.25. The Morgan fingerprint density at radius 2 is 2.04 bits per heavy atom. The van der Waals surface area contributed by atoms with Gasteiger partial charge >= 0.3 is 6.18 Å². The molecule has 0 heterocycles. The summed E-state index contributed by atoms with van der Waals surface area (Å²) in [7, 11) is 0. The average Bonchev–Trinajstić information content (AvgIpc) is 2.49. The Balaban J connectivity index is 1.86. The standard InChI is InChI=1S/C16H18ClF3N2S/c17-14-7-6-12(10-13(14)16(18,19)20)22-15(23)21-9-8-11-4-2-1-3-5-11/h4,6-7,10H,1-3,5,8-9H2,(H2,21,22,23). The fourth-order valence-electron chi connectivity index (χ4n) is 2.46. The maximum absolute atomic E-state index is 12.8.